The normalized spacial score (nSPS) is 11.4. The van der Waals surface area contributed by atoms with E-state index in [1.165, 1.54) is 19.2 Å². The minimum atomic E-state index is -2.94. The molecule has 0 unspecified atom stereocenters. The largest absolute Gasteiger partial charge is 0.493 e. The van der Waals surface area contributed by atoms with Crippen LogP contribution in [0.15, 0.2) is 12.1 Å². The zero-order valence-electron chi connectivity index (χ0n) is 11.2. The SMILES string of the molecule is COc1cc2c(Cl)nc(C(C)C)nc2cc1OC(F)F. The number of hydrogen-bond acceptors (Lipinski definition) is 4. The van der Waals surface area contributed by atoms with E-state index in [9.17, 15) is 8.78 Å². The molecule has 2 aromatic rings. The van der Waals surface area contributed by atoms with Gasteiger partial charge in [0.2, 0.25) is 0 Å². The molecule has 0 fully saturated rings. The van der Waals surface area contributed by atoms with Crippen molar-refractivity contribution in [3.05, 3.63) is 23.1 Å². The summed E-state index contributed by atoms with van der Waals surface area (Å²) in [6.07, 6.45) is 0. The Bertz CT molecular complexity index is 635. The van der Waals surface area contributed by atoms with E-state index in [0.29, 0.717) is 16.7 Å². The molecular formula is C13H13ClF2N2O2. The molecule has 2 rings (SSSR count). The Hall–Kier alpha value is -1.69. The third kappa shape index (κ3) is 2.90. The Kier molecular flexibility index (Phi) is 4.23. The smallest absolute Gasteiger partial charge is 0.387 e. The molecule has 4 nitrogen and oxygen atoms in total. The van der Waals surface area contributed by atoms with Gasteiger partial charge >= 0.3 is 6.61 Å². The monoisotopic (exact) mass is 302 g/mol. The van der Waals surface area contributed by atoms with Crippen LogP contribution in [0.1, 0.15) is 25.6 Å². The lowest BCUT2D eigenvalue weighted by Gasteiger charge is -2.12. The van der Waals surface area contributed by atoms with Gasteiger partial charge in [-0.25, -0.2) is 9.97 Å². The van der Waals surface area contributed by atoms with Crippen LogP contribution in [0.4, 0.5) is 8.78 Å². The third-order valence-electron chi connectivity index (χ3n) is 2.68. The van der Waals surface area contributed by atoms with Gasteiger partial charge in [-0.1, -0.05) is 25.4 Å². The highest BCUT2D eigenvalue weighted by Gasteiger charge is 2.16. The Balaban J connectivity index is 2.64. The average Bonchev–Trinajstić information content (AvgIpc) is 2.37. The molecule has 0 aliphatic rings. The van der Waals surface area contributed by atoms with Crippen LogP contribution in [-0.2, 0) is 0 Å². The Morgan fingerprint density at radius 1 is 1.15 bits per heavy atom. The van der Waals surface area contributed by atoms with Gasteiger partial charge in [-0.3, -0.25) is 0 Å². The van der Waals surface area contributed by atoms with E-state index in [1.54, 1.807) is 0 Å². The molecule has 108 valence electrons. The van der Waals surface area contributed by atoms with Gasteiger partial charge in [0.25, 0.3) is 0 Å². The topological polar surface area (TPSA) is 44.2 Å². The number of nitrogens with zero attached hydrogens (tertiary/aromatic N) is 2. The molecule has 0 spiro atoms. The molecule has 7 heteroatoms. The van der Waals surface area contributed by atoms with Crippen LogP contribution < -0.4 is 9.47 Å². The molecule has 0 amide bonds. The van der Waals surface area contributed by atoms with Crippen molar-refractivity contribution in [3.63, 3.8) is 0 Å². The van der Waals surface area contributed by atoms with Crippen LogP contribution in [-0.4, -0.2) is 23.7 Å². The first kappa shape index (κ1) is 14.7. The summed E-state index contributed by atoms with van der Waals surface area (Å²) in [6.45, 7) is 0.887. The van der Waals surface area contributed by atoms with Gasteiger partial charge in [-0.2, -0.15) is 8.78 Å². The summed E-state index contributed by atoms with van der Waals surface area (Å²) in [5.74, 6) is 0.675. The highest BCUT2D eigenvalue weighted by atomic mass is 35.5. The first-order valence-corrected chi connectivity index (χ1v) is 6.30. The Labute approximate surface area is 119 Å². The molecule has 0 aliphatic heterocycles. The van der Waals surface area contributed by atoms with E-state index in [1.807, 2.05) is 13.8 Å². The van der Waals surface area contributed by atoms with Gasteiger partial charge < -0.3 is 9.47 Å². The molecule has 1 heterocycles. The molecule has 0 saturated carbocycles. The van der Waals surface area contributed by atoms with Crippen molar-refractivity contribution in [2.75, 3.05) is 7.11 Å². The van der Waals surface area contributed by atoms with Gasteiger partial charge in [0.1, 0.15) is 11.0 Å². The molecule has 0 aliphatic carbocycles. The van der Waals surface area contributed by atoms with E-state index in [2.05, 4.69) is 14.7 Å². The second-order valence-corrected chi connectivity index (χ2v) is 4.78. The number of fused-ring (bicyclic) bond motifs is 1. The van der Waals surface area contributed by atoms with Crippen molar-refractivity contribution in [2.45, 2.75) is 26.4 Å². The van der Waals surface area contributed by atoms with Crippen LogP contribution in [0.5, 0.6) is 11.5 Å². The fourth-order valence-electron chi connectivity index (χ4n) is 1.72. The van der Waals surface area contributed by atoms with Crippen molar-refractivity contribution in [1.82, 2.24) is 9.97 Å². The fourth-order valence-corrected chi connectivity index (χ4v) is 1.96. The van der Waals surface area contributed by atoms with Crippen molar-refractivity contribution < 1.29 is 18.3 Å². The predicted molar refractivity (Wildman–Crippen MR) is 71.8 cm³/mol. The number of alkyl halides is 2. The lowest BCUT2D eigenvalue weighted by molar-refractivity contribution is -0.0511. The lowest BCUT2D eigenvalue weighted by atomic mass is 10.1. The molecule has 0 saturated heterocycles. The van der Waals surface area contributed by atoms with Gasteiger partial charge in [0, 0.05) is 17.4 Å². The number of aromatic nitrogens is 2. The molecule has 0 N–H and O–H groups in total. The first-order chi connectivity index (χ1) is 9.42. The Morgan fingerprint density at radius 2 is 1.85 bits per heavy atom. The molecule has 1 aromatic heterocycles. The summed E-state index contributed by atoms with van der Waals surface area (Å²) in [7, 11) is 1.36. The maximum Gasteiger partial charge on any atom is 0.387 e. The van der Waals surface area contributed by atoms with Crippen LogP contribution in [0.3, 0.4) is 0 Å². The summed E-state index contributed by atoms with van der Waals surface area (Å²) in [4.78, 5) is 8.48. The van der Waals surface area contributed by atoms with E-state index in [0.717, 1.165) is 0 Å². The third-order valence-corrected chi connectivity index (χ3v) is 2.97. The van der Waals surface area contributed by atoms with E-state index in [-0.39, 0.29) is 22.6 Å². The predicted octanol–water partition coefficient (Wildman–Crippen LogP) is 4.02. The van der Waals surface area contributed by atoms with Gasteiger partial charge in [0.05, 0.1) is 12.6 Å². The van der Waals surface area contributed by atoms with E-state index >= 15 is 0 Å². The van der Waals surface area contributed by atoms with Crippen molar-refractivity contribution >= 4 is 22.5 Å². The highest BCUT2D eigenvalue weighted by molar-refractivity contribution is 6.34. The van der Waals surface area contributed by atoms with Crippen LogP contribution >= 0.6 is 11.6 Å². The summed E-state index contributed by atoms with van der Waals surface area (Å²) >= 11 is 6.10. The molecular weight excluding hydrogens is 290 g/mol. The second-order valence-electron chi connectivity index (χ2n) is 4.43. The van der Waals surface area contributed by atoms with E-state index in [4.69, 9.17) is 16.3 Å². The number of methoxy groups -OCH3 is 1. The molecule has 0 atom stereocenters. The molecule has 0 bridgehead atoms. The van der Waals surface area contributed by atoms with Crippen molar-refractivity contribution in [3.8, 4) is 11.5 Å². The fraction of sp³-hybridized carbons (Fsp3) is 0.385. The lowest BCUT2D eigenvalue weighted by Crippen LogP contribution is -2.04. The van der Waals surface area contributed by atoms with Crippen molar-refractivity contribution in [2.24, 2.45) is 0 Å². The zero-order chi connectivity index (χ0) is 14.9. The summed E-state index contributed by atoms with van der Waals surface area (Å²) < 4.78 is 34.2. The number of rotatable bonds is 4. The summed E-state index contributed by atoms with van der Waals surface area (Å²) in [5, 5.41) is 0.773. The number of ether oxygens (including phenoxy) is 2. The maximum absolute atomic E-state index is 12.4. The number of halogens is 3. The van der Waals surface area contributed by atoms with E-state index < -0.39 is 6.61 Å². The molecule has 20 heavy (non-hydrogen) atoms. The Morgan fingerprint density at radius 3 is 2.40 bits per heavy atom. The average molecular weight is 303 g/mol. The number of benzene rings is 1. The molecule has 1 aromatic carbocycles. The van der Waals surface area contributed by atoms with Gasteiger partial charge in [-0.15, -0.1) is 0 Å². The van der Waals surface area contributed by atoms with Gasteiger partial charge in [-0.05, 0) is 6.07 Å². The molecule has 0 radical (unpaired) electrons. The van der Waals surface area contributed by atoms with Crippen LogP contribution in [0, 0.1) is 0 Å². The summed E-state index contributed by atoms with van der Waals surface area (Å²) in [5.41, 5.74) is 0.435. The number of hydrogen-bond donors (Lipinski definition) is 0. The minimum Gasteiger partial charge on any atom is -0.493 e. The standard InChI is InChI=1S/C13H13ClF2N2O2/c1-6(2)12-17-8-5-10(20-13(15)16)9(19-3)4-7(8)11(14)18-12/h4-6,13H,1-3H3. The quantitative estimate of drug-likeness (QED) is 0.800. The first-order valence-electron chi connectivity index (χ1n) is 5.92. The van der Waals surface area contributed by atoms with Crippen molar-refractivity contribution in [1.29, 1.82) is 0 Å². The summed E-state index contributed by atoms with van der Waals surface area (Å²) in [6, 6.07) is 2.86. The van der Waals surface area contributed by atoms with Crippen LogP contribution in [0.25, 0.3) is 10.9 Å². The zero-order valence-corrected chi connectivity index (χ0v) is 11.9. The maximum atomic E-state index is 12.4. The minimum absolute atomic E-state index is 0.0680. The second kappa shape index (κ2) is 5.75. The highest BCUT2D eigenvalue weighted by Crippen LogP contribution is 2.35. The van der Waals surface area contributed by atoms with Gasteiger partial charge in [0.15, 0.2) is 11.5 Å². The van der Waals surface area contributed by atoms with Crippen LogP contribution in [0.2, 0.25) is 5.15 Å².